The molecule has 0 aliphatic heterocycles. The van der Waals surface area contributed by atoms with E-state index in [0.29, 0.717) is 29.0 Å². The molecule has 3 heterocycles. The smallest absolute Gasteiger partial charge is 0.181 e. The molecule has 100 valence electrons. The van der Waals surface area contributed by atoms with E-state index in [1.165, 1.54) is 0 Å². The van der Waals surface area contributed by atoms with E-state index in [9.17, 15) is 0 Å². The summed E-state index contributed by atoms with van der Waals surface area (Å²) in [5, 5.41) is 10.7. The number of aromatic amines is 1. The number of halogens is 1. The predicted molar refractivity (Wildman–Crippen MR) is 76.2 cm³/mol. The molecule has 0 saturated carbocycles. The Balaban J connectivity index is 1.71. The van der Waals surface area contributed by atoms with Crippen molar-refractivity contribution in [1.82, 2.24) is 25.1 Å². The largest absolute Gasteiger partial charge is 0.362 e. The van der Waals surface area contributed by atoms with Gasteiger partial charge in [-0.15, -0.1) is 0 Å². The second kappa shape index (κ2) is 5.66. The molecule has 0 atom stereocenters. The van der Waals surface area contributed by atoms with Gasteiger partial charge >= 0.3 is 0 Å². The Labute approximate surface area is 120 Å². The van der Waals surface area contributed by atoms with Gasteiger partial charge in [-0.25, -0.2) is 9.97 Å². The van der Waals surface area contributed by atoms with Gasteiger partial charge in [0.2, 0.25) is 0 Å². The van der Waals surface area contributed by atoms with Gasteiger partial charge in [-0.1, -0.05) is 11.6 Å². The second-order valence-corrected chi connectivity index (χ2v) is 4.44. The average Bonchev–Trinajstić information content (AvgIpc) is 2.96. The fourth-order valence-corrected chi connectivity index (χ4v) is 1.88. The van der Waals surface area contributed by atoms with Crippen molar-refractivity contribution in [2.24, 2.45) is 0 Å². The third kappa shape index (κ3) is 2.75. The van der Waals surface area contributed by atoms with Crippen molar-refractivity contribution in [1.29, 1.82) is 0 Å². The highest BCUT2D eigenvalue weighted by molar-refractivity contribution is 6.32. The number of nitrogens with zero attached hydrogens (tertiary/aromatic N) is 4. The number of aromatic nitrogens is 5. The van der Waals surface area contributed by atoms with E-state index in [-0.39, 0.29) is 0 Å². The first-order valence-corrected chi connectivity index (χ1v) is 6.37. The molecule has 3 rings (SSSR count). The van der Waals surface area contributed by atoms with Crippen LogP contribution in [0.5, 0.6) is 0 Å². The van der Waals surface area contributed by atoms with Crippen molar-refractivity contribution in [3.05, 3.63) is 53.7 Å². The van der Waals surface area contributed by atoms with Gasteiger partial charge in [0.1, 0.15) is 11.6 Å². The molecule has 20 heavy (non-hydrogen) atoms. The lowest BCUT2D eigenvalue weighted by molar-refractivity contribution is 0.948. The van der Waals surface area contributed by atoms with Gasteiger partial charge in [-0.3, -0.25) is 10.1 Å². The van der Waals surface area contributed by atoms with Gasteiger partial charge < -0.3 is 5.32 Å². The van der Waals surface area contributed by atoms with E-state index in [4.69, 9.17) is 11.6 Å². The number of hydrogen-bond donors (Lipinski definition) is 2. The summed E-state index contributed by atoms with van der Waals surface area (Å²) in [5.74, 6) is 1.96. The van der Waals surface area contributed by atoms with E-state index in [0.717, 1.165) is 5.56 Å². The summed E-state index contributed by atoms with van der Waals surface area (Å²) in [6.07, 6.45) is 5.09. The maximum absolute atomic E-state index is 6.01. The first-order chi connectivity index (χ1) is 9.83. The standard InChI is InChI=1S/C13H11ClN6/c14-10-2-1-5-16-13(10)17-8-11-18-12(20-19-11)9-3-6-15-7-4-9/h1-7H,8H2,(H,16,17)(H,18,19,20). The summed E-state index contributed by atoms with van der Waals surface area (Å²) in [5.41, 5.74) is 0.915. The van der Waals surface area contributed by atoms with Gasteiger partial charge in [0, 0.05) is 24.2 Å². The molecule has 2 N–H and O–H groups in total. The molecule has 0 aliphatic rings. The first-order valence-electron chi connectivity index (χ1n) is 5.99. The molecular formula is C13H11ClN6. The molecule has 7 heteroatoms. The lowest BCUT2D eigenvalue weighted by Crippen LogP contribution is -2.03. The Hall–Kier alpha value is -2.47. The minimum Gasteiger partial charge on any atom is -0.362 e. The lowest BCUT2D eigenvalue weighted by Gasteiger charge is -2.04. The minimum atomic E-state index is 0.467. The summed E-state index contributed by atoms with van der Waals surface area (Å²) >= 11 is 6.01. The molecule has 0 amide bonds. The zero-order chi connectivity index (χ0) is 13.8. The molecule has 3 aromatic heterocycles. The molecule has 6 nitrogen and oxygen atoms in total. The lowest BCUT2D eigenvalue weighted by atomic mass is 10.2. The van der Waals surface area contributed by atoms with Crippen molar-refractivity contribution < 1.29 is 0 Å². The summed E-state index contributed by atoms with van der Waals surface area (Å²) in [6.45, 7) is 0.467. The van der Waals surface area contributed by atoms with Crippen LogP contribution in [0, 0.1) is 0 Å². The van der Waals surface area contributed by atoms with Crippen molar-refractivity contribution in [3.8, 4) is 11.4 Å². The van der Waals surface area contributed by atoms with Crippen LogP contribution in [0.25, 0.3) is 11.4 Å². The Morgan fingerprint density at radius 3 is 2.80 bits per heavy atom. The molecule has 0 aliphatic carbocycles. The van der Waals surface area contributed by atoms with Crippen molar-refractivity contribution in [2.75, 3.05) is 5.32 Å². The van der Waals surface area contributed by atoms with Crippen LogP contribution in [-0.2, 0) is 6.54 Å². The van der Waals surface area contributed by atoms with E-state index in [1.807, 2.05) is 12.1 Å². The molecule has 0 unspecified atom stereocenters. The Kier molecular flexibility index (Phi) is 3.56. The van der Waals surface area contributed by atoms with Crippen molar-refractivity contribution in [3.63, 3.8) is 0 Å². The molecular weight excluding hydrogens is 276 g/mol. The predicted octanol–water partition coefficient (Wildman–Crippen LogP) is 2.53. The molecule has 0 fully saturated rings. The third-order valence-electron chi connectivity index (χ3n) is 2.65. The quantitative estimate of drug-likeness (QED) is 0.770. The molecule has 0 saturated heterocycles. The fourth-order valence-electron chi connectivity index (χ4n) is 1.69. The van der Waals surface area contributed by atoms with Gasteiger partial charge in [0.05, 0.1) is 11.6 Å². The van der Waals surface area contributed by atoms with Crippen LogP contribution in [-0.4, -0.2) is 25.1 Å². The van der Waals surface area contributed by atoms with Crippen molar-refractivity contribution >= 4 is 17.4 Å². The van der Waals surface area contributed by atoms with Gasteiger partial charge in [0.25, 0.3) is 0 Å². The van der Waals surface area contributed by atoms with Crippen LogP contribution >= 0.6 is 11.6 Å². The normalized spacial score (nSPS) is 10.4. The maximum Gasteiger partial charge on any atom is 0.181 e. The Bertz CT molecular complexity index is 697. The van der Waals surface area contributed by atoms with E-state index in [1.54, 1.807) is 30.7 Å². The Morgan fingerprint density at radius 1 is 1.15 bits per heavy atom. The molecule has 0 aromatic carbocycles. The van der Waals surface area contributed by atoms with Crippen LogP contribution < -0.4 is 5.32 Å². The zero-order valence-electron chi connectivity index (χ0n) is 10.4. The van der Waals surface area contributed by atoms with E-state index in [2.05, 4.69) is 30.5 Å². The summed E-state index contributed by atoms with van der Waals surface area (Å²) in [4.78, 5) is 12.5. The van der Waals surface area contributed by atoms with Gasteiger partial charge in [-0.2, -0.15) is 5.10 Å². The minimum absolute atomic E-state index is 0.467. The number of nitrogens with one attached hydrogen (secondary N) is 2. The number of hydrogen-bond acceptors (Lipinski definition) is 5. The third-order valence-corrected chi connectivity index (χ3v) is 2.96. The summed E-state index contributed by atoms with van der Waals surface area (Å²) in [7, 11) is 0. The first kappa shape index (κ1) is 12.6. The van der Waals surface area contributed by atoms with Crippen LogP contribution in [0.1, 0.15) is 5.82 Å². The van der Waals surface area contributed by atoms with Crippen molar-refractivity contribution in [2.45, 2.75) is 6.54 Å². The zero-order valence-corrected chi connectivity index (χ0v) is 11.2. The molecule has 0 bridgehead atoms. The molecule has 3 aromatic rings. The van der Waals surface area contributed by atoms with E-state index < -0.39 is 0 Å². The number of anilines is 1. The van der Waals surface area contributed by atoms with E-state index >= 15 is 0 Å². The highest BCUT2D eigenvalue weighted by Crippen LogP contribution is 2.18. The van der Waals surface area contributed by atoms with Gasteiger partial charge in [-0.05, 0) is 24.3 Å². The van der Waals surface area contributed by atoms with Crippen LogP contribution in [0.3, 0.4) is 0 Å². The highest BCUT2D eigenvalue weighted by Gasteiger charge is 2.06. The average molecular weight is 287 g/mol. The monoisotopic (exact) mass is 286 g/mol. The van der Waals surface area contributed by atoms with Crippen LogP contribution in [0.4, 0.5) is 5.82 Å². The molecule has 0 radical (unpaired) electrons. The number of H-pyrrole nitrogens is 1. The summed E-state index contributed by atoms with van der Waals surface area (Å²) < 4.78 is 0. The Morgan fingerprint density at radius 2 is 2.00 bits per heavy atom. The second-order valence-electron chi connectivity index (χ2n) is 4.03. The number of pyridine rings is 2. The van der Waals surface area contributed by atoms with Crippen LogP contribution in [0.2, 0.25) is 5.02 Å². The summed E-state index contributed by atoms with van der Waals surface area (Å²) in [6, 6.07) is 7.27. The fraction of sp³-hybridized carbons (Fsp3) is 0.0769. The SMILES string of the molecule is Clc1cccnc1NCc1nc(-c2ccncc2)n[nH]1. The number of rotatable bonds is 4. The highest BCUT2D eigenvalue weighted by atomic mass is 35.5. The maximum atomic E-state index is 6.01. The van der Waals surface area contributed by atoms with Gasteiger partial charge in [0.15, 0.2) is 5.82 Å². The molecule has 0 spiro atoms. The topological polar surface area (TPSA) is 79.4 Å². The van der Waals surface area contributed by atoms with Crippen LogP contribution in [0.15, 0.2) is 42.9 Å².